The third kappa shape index (κ3) is 3.30. The SMILES string of the molecule is N#Cc1cccc(OCCn2cc(C(=O)NN)nn2)c1. The van der Waals surface area contributed by atoms with E-state index in [1.54, 1.807) is 24.3 Å². The van der Waals surface area contributed by atoms with Crippen molar-refractivity contribution in [1.82, 2.24) is 20.4 Å². The molecule has 0 aliphatic rings. The maximum Gasteiger partial charge on any atom is 0.287 e. The molecule has 1 aromatic carbocycles. The van der Waals surface area contributed by atoms with Crippen molar-refractivity contribution in [1.29, 1.82) is 5.26 Å². The highest BCUT2D eigenvalue weighted by Gasteiger charge is 2.08. The number of hydrazine groups is 1. The zero-order valence-electron chi connectivity index (χ0n) is 10.5. The quantitative estimate of drug-likeness (QED) is 0.443. The summed E-state index contributed by atoms with van der Waals surface area (Å²) >= 11 is 0. The Hall–Kier alpha value is -2.92. The van der Waals surface area contributed by atoms with Crippen LogP contribution in [0.4, 0.5) is 0 Å². The molecule has 0 radical (unpaired) electrons. The van der Waals surface area contributed by atoms with Gasteiger partial charge in [0.1, 0.15) is 12.4 Å². The molecule has 1 amide bonds. The number of nitrogens with two attached hydrogens (primary N) is 1. The van der Waals surface area contributed by atoms with Crippen LogP contribution in [0.25, 0.3) is 0 Å². The zero-order chi connectivity index (χ0) is 14.4. The molecule has 0 bridgehead atoms. The Labute approximate surface area is 114 Å². The number of carbonyl (C=O) groups excluding carboxylic acids is 1. The van der Waals surface area contributed by atoms with Crippen molar-refractivity contribution in [3.05, 3.63) is 41.7 Å². The first kappa shape index (κ1) is 13.5. The summed E-state index contributed by atoms with van der Waals surface area (Å²) in [5, 5.41) is 16.2. The summed E-state index contributed by atoms with van der Waals surface area (Å²) in [5.74, 6) is 5.09. The number of rotatable bonds is 5. The van der Waals surface area contributed by atoms with E-state index in [1.165, 1.54) is 10.9 Å². The Kier molecular flexibility index (Phi) is 4.26. The molecular weight excluding hydrogens is 260 g/mol. The third-order valence-corrected chi connectivity index (χ3v) is 2.45. The minimum atomic E-state index is -0.501. The lowest BCUT2D eigenvalue weighted by Gasteiger charge is -2.05. The highest BCUT2D eigenvalue weighted by Crippen LogP contribution is 2.12. The number of amides is 1. The third-order valence-electron chi connectivity index (χ3n) is 2.45. The minimum absolute atomic E-state index is 0.138. The van der Waals surface area contributed by atoms with Crippen LogP contribution in [0, 0.1) is 11.3 Å². The molecule has 0 saturated carbocycles. The van der Waals surface area contributed by atoms with E-state index in [4.69, 9.17) is 15.8 Å². The lowest BCUT2D eigenvalue weighted by Crippen LogP contribution is -2.30. The van der Waals surface area contributed by atoms with Crippen LogP contribution in [-0.4, -0.2) is 27.5 Å². The number of aromatic nitrogens is 3. The summed E-state index contributed by atoms with van der Waals surface area (Å²) in [7, 11) is 0. The summed E-state index contributed by atoms with van der Waals surface area (Å²) in [6.45, 7) is 0.754. The van der Waals surface area contributed by atoms with Crippen LogP contribution in [0.3, 0.4) is 0 Å². The molecular formula is C12H12N6O2. The van der Waals surface area contributed by atoms with Gasteiger partial charge in [0.05, 0.1) is 24.4 Å². The number of nitrogens with zero attached hydrogens (tertiary/aromatic N) is 4. The summed E-state index contributed by atoms with van der Waals surface area (Å²) in [4.78, 5) is 11.2. The molecule has 8 heteroatoms. The second-order valence-corrected chi connectivity index (χ2v) is 3.83. The monoisotopic (exact) mass is 272 g/mol. The second kappa shape index (κ2) is 6.31. The van der Waals surface area contributed by atoms with E-state index in [-0.39, 0.29) is 5.69 Å². The van der Waals surface area contributed by atoms with E-state index in [0.29, 0.717) is 24.5 Å². The van der Waals surface area contributed by atoms with Gasteiger partial charge in [-0.15, -0.1) is 5.10 Å². The Morgan fingerprint density at radius 3 is 3.15 bits per heavy atom. The van der Waals surface area contributed by atoms with Crippen LogP contribution < -0.4 is 16.0 Å². The van der Waals surface area contributed by atoms with E-state index in [2.05, 4.69) is 10.3 Å². The van der Waals surface area contributed by atoms with Gasteiger partial charge in [0.15, 0.2) is 5.69 Å². The molecule has 0 unspecified atom stereocenters. The first-order chi connectivity index (χ1) is 9.72. The van der Waals surface area contributed by atoms with Crippen molar-refractivity contribution in [3.63, 3.8) is 0 Å². The minimum Gasteiger partial charge on any atom is -0.492 e. The number of carbonyl (C=O) groups is 1. The van der Waals surface area contributed by atoms with E-state index >= 15 is 0 Å². The number of ether oxygens (including phenoxy) is 1. The lowest BCUT2D eigenvalue weighted by molar-refractivity contribution is 0.0948. The standard InChI is InChI=1S/C12H12N6O2/c13-7-9-2-1-3-10(6-9)20-5-4-18-8-11(16-17-18)12(19)15-14/h1-3,6,8H,4-5,14H2,(H,15,19). The molecule has 102 valence electrons. The number of hydrogen-bond acceptors (Lipinski definition) is 6. The van der Waals surface area contributed by atoms with Gasteiger partial charge in [0.25, 0.3) is 5.91 Å². The molecule has 3 N–H and O–H groups in total. The highest BCUT2D eigenvalue weighted by atomic mass is 16.5. The van der Waals surface area contributed by atoms with E-state index in [0.717, 1.165) is 0 Å². The fourth-order valence-electron chi connectivity index (χ4n) is 1.50. The highest BCUT2D eigenvalue weighted by molar-refractivity contribution is 5.91. The van der Waals surface area contributed by atoms with Gasteiger partial charge in [-0.2, -0.15) is 5.26 Å². The van der Waals surface area contributed by atoms with E-state index < -0.39 is 5.91 Å². The number of hydrogen-bond donors (Lipinski definition) is 2. The summed E-state index contributed by atoms with van der Waals surface area (Å²) in [6.07, 6.45) is 1.47. The normalized spacial score (nSPS) is 9.80. The van der Waals surface area contributed by atoms with Crippen LogP contribution in [0.5, 0.6) is 5.75 Å². The molecule has 1 aromatic heterocycles. The Balaban J connectivity index is 1.88. The zero-order valence-corrected chi connectivity index (χ0v) is 10.5. The molecule has 8 nitrogen and oxygen atoms in total. The van der Waals surface area contributed by atoms with Crippen molar-refractivity contribution in [3.8, 4) is 11.8 Å². The molecule has 20 heavy (non-hydrogen) atoms. The fourth-order valence-corrected chi connectivity index (χ4v) is 1.50. The van der Waals surface area contributed by atoms with Crippen LogP contribution in [-0.2, 0) is 6.54 Å². The van der Waals surface area contributed by atoms with Gasteiger partial charge < -0.3 is 4.74 Å². The predicted molar refractivity (Wildman–Crippen MR) is 68.3 cm³/mol. The molecule has 1 heterocycles. The predicted octanol–water partition coefficient (Wildman–Crippen LogP) is -0.168. The lowest BCUT2D eigenvalue weighted by atomic mass is 10.2. The van der Waals surface area contributed by atoms with E-state index in [9.17, 15) is 4.79 Å². The van der Waals surface area contributed by atoms with Crippen LogP contribution in [0.2, 0.25) is 0 Å². The number of nitriles is 1. The van der Waals surface area contributed by atoms with Gasteiger partial charge in [-0.3, -0.25) is 10.2 Å². The van der Waals surface area contributed by atoms with Crippen LogP contribution in [0.15, 0.2) is 30.5 Å². The van der Waals surface area contributed by atoms with Crippen molar-refractivity contribution < 1.29 is 9.53 Å². The second-order valence-electron chi connectivity index (χ2n) is 3.83. The van der Waals surface area contributed by atoms with Gasteiger partial charge >= 0.3 is 0 Å². The molecule has 0 aliphatic heterocycles. The average molecular weight is 272 g/mol. The van der Waals surface area contributed by atoms with Gasteiger partial charge in [-0.25, -0.2) is 10.5 Å². The van der Waals surface area contributed by atoms with Gasteiger partial charge in [-0.1, -0.05) is 11.3 Å². The number of nitrogen functional groups attached to an aromatic ring is 1. The summed E-state index contributed by atoms with van der Waals surface area (Å²) in [6, 6.07) is 8.88. The van der Waals surface area contributed by atoms with Crippen LogP contribution in [0.1, 0.15) is 16.1 Å². The number of nitrogens with one attached hydrogen (secondary N) is 1. The van der Waals surface area contributed by atoms with Crippen molar-refractivity contribution in [2.45, 2.75) is 6.54 Å². The first-order valence-electron chi connectivity index (χ1n) is 5.77. The maximum absolute atomic E-state index is 11.2. The average Bonchev–Trinajstić information content (AvgIpc) is 2.95. The Morgan fingerprint density at radius 2 is 2.40 bits per heavy atom. The molecule has 0 spiro atoms. The molecule has 0 fully saturated rings. The van der Waals surface area contributed by atoms with Gasteiger partial charge in [0.2, 0.25) is 0 Å². The number of benzene rings is 1. The summed E-state index contributed by atoms with van der Waals surface area (Å²) in [5.41, 5.74) is 2.64. The maximum atomic E-state index is 11.2. The largest absolute Gasteiger partial charge is 0.492 e. The van der Waals surface area contributed by atoms with Crippen molar-refractivity contribution >= 4 is 5.91 Å². The molecule has 0 atom stereocenters. The van der Waals surface area contributed by atoms with Crippen molar-refractivity contribution in [2.75, 3.05) is 6.61 Å². The summed E-state index contributed by atoms with van der Waals surface area (Å²) < 4.78 is 6.95. The van der Waals surface area contributed by atoms with Gasteiger partial charge in [0, 0.05) is 0 Å². The Bertz CT molecular complexity index is 645. The molecule has 2 aromatic rings. The van der Waals surface area contributed by atoms with Crippen LogP contribution >= 0.6 is 0 Å². The first-order valence-corrected chi connectivity index (χ1v) is 5.77. The Morgan fingerprint density at radius 1 is 1.55 bits per heavy atom. The van der Waals surface area contributed by atoms with Gasteiger partial charge in [-0.05, 0) is 18.2 Å². The smallest absolute Gasteiger partial charge is 0.287 e. The van der Waals surface area contributed by atoms with E-state index in [1.807, 2.05) is 11.5 Å². The fraction of sp³-hybridized carbons (Fsp3) is 0.167. The molecule has 0 saturated heterocycles. The topological polar surface area (TPSA) is 119 Å². The molecule has 0 aliphatic carbocycles. The molecule has 2 rings (SSSR count). The van der Waals surface area contributed by atoms with Crippen molar-refractivity contribution in [2.24, 2.45) is 5.84 Å².